The fourth-order valence-electron chi connectivity index (χ4n) is 4.07. The molecular weight excluding hydrogens is 332 g/mol. The van der Waals surface area contributed by atoms with Gasteiger partial charge in [-0.15, -0.1) is 0 Å². The van der Waals surface area contributed by atoms with Crippen molar-refractivity contribution in [3.05, 3.63) is 62.4 Å². The summed E-state index contributed by atoms with van der Waals surface area (Å²) < 4.78 is 2.76. The number of amides is 1. The van der Waals surface area contributed by atoms with Gasteiger partial charge in [0.2, 0.25) is 5.91 Å². The molecule has 136 valence electrons. The molecule has 7 nitrogen and oxygen atoms in total. The maximum Gasteiger partial charge on any atom is 0.332 e. The van der Waals surface area contributed by atoms with Crippen molar-refractivity contribution in [2.24, 2.45) is 5.92 Å². The van der Waals surface area contributed by atoms with Gasteiger partial charge in [-0.1, -0.05) is 30.3 Å². The SMILES string of the molecule is CCn1nc2n(c(=O)c1=O)C[C@H]1CCN(C(=O)Cc3ccccc3)C[C@@H]21. The first-order valence-electron chi connectivity index (χ1n) is 9.12. The van der Waals surface area contributed by atoms with E-state index >= 15 is 0 Å². The van der Waals surface area contributed by atoms with Crippen molar-refractivity contribution in [1.29, 1.82) is 0 Å². The Hall–Kier alpha value is -2.70. The molecule has 1 aromatic carbocycles. The molecule has 1 fully saturated rings. The van der Waals surface area contributed by atoms with Gasteiger partial charge in [-0.05, 0) is 24.8 Å². The minimum atomic E-state index is -0.563. The van der Waals surface area contributed by atoms with Crippen molar-refractivity contribution in [3.8, 4) is 0 Å². The average molecular weight is 354 g/mol. The molecule has 2 atom stereocenters. The number of hydrogen-bond donors (Lipinski definition) is 0. The zero-order valence-corrected chi connectivity index (χ0v) is 14.8. The Kier molecular flexibility index (Phi) is 4.22. The smallest absolute Gasteiger partial charge is 0.332 e. The number of rotatable bonds is 3. The lowest BCUT2D eigenvalue weighted by molar-refractivity contribution is -0.132. The largest absolute Gasteiger partial charge is 0.342 e. The monoisotopic (exact) mass is 354 g/mol. The van der Waals surface area contributed by atoms with Gasteiger partial charge in [0.15, 0.2) is 0 Å². The zero-order valence-electron chi connectivity index (χ0n) is 14.8. The second kappa shape index (κ2) is 6.55. The Morgan fingerprint density at radius 1 is 1.15 bits per heavy atom. The summed E-state index contributed by atoms with van der Waals surface area (Å²) in [7, 11) is 0. The summed E-state index contributed by atoms with van der Waals surface area (Å²) in [6.07, 6.45) is 1.21. The van der Waals surface area contributed by atoms with E-state index in [0.717, 1.165) is 12.0 Å². The van der Waals surface area contributed by atoms with E-state index in [4.69, 9.17) is 0 Å². The van der Waals surface area contributed by atoms with Crippen molar-refractivity contribution in [2.45, 2.75) is 38.8 Å². The number of fused-ring (bicyclic) bond motifs is 3. The molecule has 2 aliphatic rings. The quantitative estimate of drug-likeness (QED) is 0.757. The predicted molar refractivity (Wildman–Crippen MR) is 96.0 cm³/mol. The molecule has 3 heterocycles. The average Bonchev–Trinajstić information content (AvgIpc) is 3.03. The van der Waals surface area contributed by atoms with E-state index in [-0.39, 0.29) is 17.7 Å². The van der Waals surface area contributed by atoms with E-state index in [1.165, 1.54) is 9.25 Å². The first-order chi connectivity index (χ1) is 12.6. The van der Waals surface area contributed by atoms with Crippen LogP contribution in [0.15, 0.2) is 39.9 Å². The molecule has 2 aromatic rings. The lowest BCUT2D eigenvalue weighted by Crippen LogP contribution is -2.44. The summed E-state index contributed by atoms with van der Waals surface area (Å²) in [6, 6.07) is 9.71. The second-order valence-corrected chi connectivity index (χ2v) is 7.05. The number of carbonyl (C=O) groups excluding carboxylic acids is 1. The standard InChI is InChI=1S/C19H22N4O3/c1-2-23-19(26)18(25)22-11-14-8-9-21(12-15(14)17(22)20-23)16(24)10-13-6-4-3-5-7-13/h3-7,14-15H,2,8-12H2,1H3/t14-,15-/m1/s1. The molecule has 0 spiro atoms. The maximum atomic E-state index is 12.7. The molecule has 0 saturated carbocycles. The van der Waals surface area contributed by atoms with Crippen molar-refractivity contribution in [1.82, 2.24) is 19.2 Å². The van der Waals surface area contributed by atoms with Crippen LogP contribution >= 0.6 is 0 Å². The number of nitrogens with zero attached hydrogens (tertiary/aromatic N) is 4. The van der Waals surface area contributed by atoms with Crippen molar-refractivity contribution in [2.75, 3.05) is 13.1 Å². The molecule has 0 bridgehead atoms. The van der Waals surface area contributed by atoms with E-state index in [1.54, 1.807) is 6.92 Å². The number of aromatic nitrogens is 3. The molecule has 0 unspecified atom stereocenters. The van der Waals surface area contributed by atoms with Gasteiger partial charge in [-0.2, -0.15) is 5.10 Å². The summed E-state index contributed by atoms with van der Waals surface area (Å²) in [4.78, 5) is 39.0. The van der Waals surface area contributed by atoms with Gasteiger partial charge in [0.05, 0.1) is 6.42 Å². The summed E-state index contributed by atoms with van der Waals surface area (Å²) in [6.45, 7) is 3.95. The second-order valence-electron chi connectivity index (χ2n) is 7.05. The van der Waals surface area contributed by atoms with Crippen LogP contribution in [0.1, 0.15) is 30.7 Å². The van der Waals surface area contributed by atoms with Gasteiger partial charge in [-0.25, -0.2) is 4.68 Å². The van der Waals surface area contributed by atoms with Crippen LogP contribution < -0.4 is 11.1 Å². The van der Waals surface area contributed by atoms with Gasteiger partial charge in [0.25, 0.3) is 0 Å². The molecule has 0 N–H and O–H groups in total. The number of piperidine rings is 1. The Morgan fingerprint density at radius 3 is 2.65 bits per heavy atom. The van der Waals surface area contributed by atoms with Gasteiger partial charge < -0.3 is 4.90 Å². The zero-order chi connectivity index (χ0) is 18.3. The summed E-state index contributed by atoms with van der Waals surface area (Å²) >= 11 is 0. The van der Waals surface area contributed by atoms with Crippen molar-refractivity contribution in [3.63, 3.8) is 0 Å². The van der Waals surface area contributed by atoms with Crippen LogP contribution in [0.3, 0.4) is 0 Å². The third-order valence-electron chi connectivity index (χ3n) is 5.52. The van der Waals surface area contributed by atoms with Crippen LogP contribution in [0, 0.1) is 5.92 Å². The van der Waals surface area contributed by atoms with Gasteiger partial charge in [0, 0.05) is 32.1 Å². The lowest BCUT2D eigenvalue weighted by Gasteiger charge is -2.34. The van der Waals surface area contributed by atoms with Gasteiger partial charge in [0.1, 0.15) is 5.82 Å². The Morgan fingerprint density at radius 2 is 1.92 bits per heavy atom. The molecule has 2 aliphatic heterocycles. The molecular formula is C19H22N4O3. The minimum absolute atomic E-state index is 0.0228. The highest BCUT2D eigenvalue weighted by Gasteiger charge is 2.40. The maximum absolute atomic E-state index is 12.7. The van der Waals surface area contributed by atoms with Crippen LogP contribution in [0.25, 0.3) is 0 Å². The number of benzene rings is 1. The van der Waals surface area contributed by atoms with Crippen LogP contribution in [0.4, 0.5) is 0 Å². The number of carbonyl (C=O) groups is 1. The van der Waals surface area contributed by atoms with E-state index in [0.29, 0.717) is 38.4 Å². The molecule has 26 heavy (non-hydrogen) atoms. The van der Waals surface area contributed by atoms with E-state index in [9.17, 15) is 14.4 Å². The molecule has 7 heteroatoms. The Bertz CT molecular complexity index is 947. The molecule has 1 aromatic heterocycles. The number of hydrogen-bond acceptors (Lipinski definition) is 4. The van der Waals surface area contributed by atoms with Crippen LogP contribution in [0.2, 0.25) is 0 Å². The predicted octanol–water partition coefficient (Wildman–Crippen LogP) is 0.613. The van der Waals surface area contributed by atoms with Crippen LogP contribution in [-0.4, -0.2) is 38.2 Å². The first-order valence-corrected chi connectivity index (χ1v) is 9.12. The topological polar surface area (TPSA) is 77.2 Å². The van der Waals surface area contributed by atoms with Gasteiger partial charge >= 0.3 is 11.1 Å². The summed E-state index contributed by atoms with van der Waals surface area (Å²) in [5.41, 5.74) is -0.0547. The van der Waals surface area contributed by atoms with E-state index in [2.05, 4.69) is 5.10 Å². The van der Waals surface area contributed by atoms with Crippen LogP contribution in [-0.2, 0) is 24.3 Å². The van der Waals surface area contributed by atoms with E-state index in [1.807, 2.05) is 35.2 Å². The molecule has 1 amide bonds. The molecule has 0 radical (unpaired) electrons. The van der Waals surface area contributed by atoms with Crippen molar-refractivity contribution >= 4 is 5.91 Å². The van der Waals surface area contributed by atoms with Gasteiger partial charge in [-0.3, -0.25) is 19.0 Å². The molecule has 0 aliphatic carbocycles. The molecule has 1 saturated heterocycles. The minimum Gasteiger partial charge on any atom is -0.342 e. The number of aryl methyl sites for hydroxylation is 1. The van der Waals surface area contributed by atoms with E-state index < -0.39 is 11.1 Å². The highest BCUT2D eigenvalue weighted by Crippen LogP contribution is 2.37. The lowest BCUT2D eigenvalue weighted by atomic mass is 9.87. The number of likely N-dealkylation sites (tertiary alicyclic amines) is 1. The fraction of sp³-hybridized carbons (Fsp3) is 0.474. The molecule has 4 rings (SSSR count). The Labute approximate surface area is 150 Å². The third kappa shape index (κ3) is 2.77. The third-order valence-corrected chi connectivity index (χ3v) is 5.52. The normalized spacial score (nSPS) is 21.3. The summed E-state index contributed by atoms with van der Waals surface area (Å²) in [5, 5.41) is 4.42. The highest BCUT2D eigenvalue weighted by atomic mass is 16.2. The highest BCUT2D eigenvalue weighted by molar-refractivity contribution is 5.79. The van der Waals surface area contributed by atoms with Crippen LogP contribution in [0.5, 0.6) is 0 Å². The van der Waals surface area contributed by atoms with Crippen molar-refractivity contribution < 1.29 is 4.79 Å². The Balaban J connectivity index is 1.58. The fourth-order valence-corrected chi connectivity index (χ4v) is 4.07. The first kappa shape index (κ1) is 16.8. The summed E-state index contributed by atoms with van der Waals surface area (Å²) in [5.74, 6) is 1.04.